The Hall–Kier alpha value is -5.09. The fourth-order valence-corrected chi connectivity index (χ4v) is 6.49. The van der Waals surface area contributed by atoms with Gasteiger partial charge in [-0.1, -0.05) is 63.6 Å². The Morgan fingerprint density at radius 2 is 1.52 bits per heavy atom. The van der Waals surface area contributed by atoms with Crippen LogP contribution in [0.5, 0.6) is 0 Å². The van der Waals surface area contributed by atoms with Gasteiger partial charge in [0.15, 0.2) is 0 Å². The molecule has 2 heterocycles. The van der Waals surface area contributed by atoms with Crippen LogP contribution in [0.3, 0.4) is 0 Å². The van der Waals surface area contributed by atoms with Gasteiger partial charge >= 0.3 is 0 Å². The smallest absolute Gasteiger partial charge is 0.272 e. The van der Waals surface area contributed by atoms with E-state index in [-0.39, 0.29) is 28.7 Å². The van der Waals surface area contributed by atoms with Gasteiger partial charge in [-0.05, 0) is 78.7 Å². The first-order chi connectivity index (χ1) is 24.8. The third-order valence-electron chi connectivity index (χ3n) is 9.77. The van der Waals surface area contributed by atoms with Gasteiger partial charge in [-0.25, -0.2) is 4.98 Å². The molecule has 0 radical (unpaired) electrons. The van der Waals surface area contributed by atoms with E-state index < -0.39 is 0 Å². The van der Waals surface area contributed by atoms with Crippen LogP contribution in [0.1, 0.15) is 90.1 Å². The Kier molecular flexibility index (Phi) is 12.4. The van der Waals surface area contributed by atoms with E-state index in [1.54, 1.807) is 17.8 Å². The van der Waals surface area contributed by atoms with Gasteiger partial charge in [0.05, 0.1) is 5.69 Å². The summed E-state index contributed by atoms with van der Waals surface area (Å²) in [5.74, 6) is -0.163. The molecular formula is C42H52N6O4. The predicted molar refractivity (Wildman–Crippen MR) is 207 cm³/mol. The number of anilines is 1. The van der Waals surface area contributed by atoms with Crippen molar-refractivity contribution in [3.63, 3.8) is 0 Å². The van der Waals surface area contributed by atoms with E-state index in [9.17, 15) is 19.2 Å². The van der Waals surface area contributed by atoms with Crippen LogP contribution in [0.15, 0.2) is 77.7 Å². The number of unbranched alkanes of at least 4 members (excludes halogenated alkanes) is 2. The molecule has 3 amide bonds. The van der Waals surface area contributed by atoms with E-state index >= 15 is 0 Å². The van der Waals surface area contributed by atoms with Crippen LogP contribution < -0.4 is 16.2 Å². The normalized spacial score (nSPS) is 13.5. The van der Waals surface area contributed by atoms with E-state index in [4.69, 9.17) is 4.98 Å². The number of piperazine rings is 1. The summed E-state index contributed by atoms with van der Waals surface area (Å²) in [6, 6.07) is 20.8. The molecule has 1 aromatic heterocycles. The average molecular weight is 705 g/mol. The molecule has 10 nitrogen and oxygen atoms in total. The Bertz CT molecular complexity index is 1940. The number of rotatable bonds is 12. The SMILES string of the molecule is CC(=O)NCCCCCN1CCN(C(=O)c2ccc(Cc3nc(-c4cccc(NC(=O)c5ccc(C(C)(C)C)cc5)c4C)cn(C)c3=O)cc2)CC1. The highest BCUT2D eigenvalue weighted by Crippen LogP contribution is 2.28. The molecule has 1 fully saturated rings. The molecule has 0 bridgehead atoms. The van der Waals surface area contributed by atoms with Crippen LogP contribution in [0.25, 0.3) is 11.3 Å². The standard InChI is InChI=1S/C42H52N6O4/c1-29-35(11-10-12-36(29)45-39(50)32-17-19-34(20-18-32)42(3,4)5)38-28-46(6)41(52)37(44-38)27-31-13-15-33(16-14-31)40(51)48-25-23-47(24-26-48)22-9-7-8-21-43-30(2)49/h10-20,28H,7-9,21-27H2,1-6H3,(H,43,49)(H,45,50). The largest absolute Gasteiger partial charge is 0.356 e. The zero-order valence-electron chi connectivity index (χ0n) is 31.4. The molecule has 0 unspecified atom stereocenters. The molecule has 5 rings (SSSR count). The second-order valence-electron chi connectivity index (χ2n) is 14.8. The van der Waals surface area contributed by atoms with Crippen LogP contribution >= 0.6 is 0 Å². The van der Waals surface area contributed by atoms with E-state index in [0.717, 1.165) is 67.7 Å². The lowest BCUT2D eigenvalue weighted by atomic mass is 9.86. The van der Waals surface area contributed by atoms with E-state index in [2.05, 4.69) is 36.3 Å². The molecule has 1 saturated heterocycles. The minimum absolute atomic E-state index is 0.000706. The molecule has 1 aliphatic rings. The van der Waals surface area contributed by atoms with Gasteiger partial charge in [0.1, 0.15) is 5.69 Å². The highest BCUT2D eigenvalue weighted by Gasteiger charge is 2.22. The maximum atomic E-state index is 13.3. The molecule has 0 aliphatic carbocycles. The zero-order chi connectivity index (χ0) is 37.4. The number of carbonyl (C=O) groups excluding carboxylic acids is 3. The summed E-state index contributed by atoms with van der Waals surface area (Å²) < 4.78 is 1.54. The van der Waals surface area contributed by atoms with Crippen molar-refractivity contribution >= 4 is 23.4 Å². The lowest BCUT2D eigenvalue weighted by Gasteiger charge is -2.34. The summed E-state index contributed by atoms with van der Waals surface area (Å²) in [5, 5.41) is 5.89. The molecule has 0 atom stereocenters. The molecule has 0 spiro atoms. The van der Waals surface area contributed by atoms with E-state index in [1.807, 2.05) is 78.6 Å². The second kappa shape index (κ2) is 17.0. The van der Waals surface area contributed by atoms with Crippen LogP contribution in [0, 0.1) is 6.92 Å². The van der Waals surface area contributed by atoms with Crippen molar-refractivity contribution in [1.82, 2.24) is 24.7 Å². The second-order valence-corrected chi connectivity index (χ2v) is 14.8. The average Bonchev–Trinajstić information content (AvgIpc) is 3.12. The summed E-state index contributed by atoms with van der Waals surface area (Å²) in [6.45, 7) is 14.7. The van der Waals surface area contributed by atoms with Crippen molar-refractivity contribution in [1.29, 1.82) is 0 Å². The van der Waals surface area contributed by atoms with Crippen LogP contribution in [-0.2, 0) is 23.7 Å². The molecule has 1 aliphatic heterocycles. The number of hydrogen-bond acceptors (Lipinski definition) is 6. The fraction of sp³-hybridized carbons (Fsp3) is 0.405. The van der Waals surface area contributed by atoms with Crippen molar-refractivity contribution in [3.8, 4) is 11.3 Å². The number of nitrogens with zero attached hydrogens (tertiary/aromatic N) is 4. The summed E-state index contributed by atoms with van der Waals surface area (Å²) in [7, 11) is 1.72. The Balaban J connectivity index is 1.20. The topological polar surface area (TPSA) is 117 Å². The molecule has 52 heavy (non-hydrogen) atoms. The van der Waals surface area contributed by atoms with Gasteiger partial charge in [0.25, 0.3) is 17.4 Å². The minimum Gasteiger partial charge on any atom is -0.356 e. The number of nitrogens with one attached hydrogen (secondary N) is 2. The van der Waals surface area contributed by atoms with E-state index in [1.165, 1.54) is 6.92 Å². The highest BCUT2D eigenvalue weighted by atomic mass is 16.2. The number of amides is 3. The number of carbonyl (C=O) groups is 3. The lowest BCUT2D eigenvalue weighted by Crippen LogP contribution is -2.48. The predicted octanol–water partition coefficient (Wildman–Crippen LogP) is 5.96. The maximum Gasteiger partial charge on any atom is 0.272 e. The number of hydrogen-bond donors (Lipinski definition) is 2. The maximum absolute atomic E-state index is 13.3. The van der Waals surface area contributed by atoms with Crippen molar-refractivity contribution in [3.05, 3.63) is 117 Å². The molecule has 3 aromatic carbocycles. The third kappa shape index (κ3) is 9.82. The van der Waals surface area contributed by atoms with Crippen molar-refractivity contribution in [2.24, 2.45) is 7.05 Å². The Morgan fingerprint density at radius 3 is 2.17 bits per heavy atom. The molecular weight excluding hydrogens is 652 g/mol. The molecule has 4 aromatic rings. The molecule has 0 saturated carbocycles. The molecule has 2 N–H and O–H groups in total. The van der Waals surface area contributed by atoms with Gasteiger partial charge in [-0.3, -0.25) is 24.1 Å². The summed E-state index contributed by atoms with van der Waals surface area (Å²) in [4.78, 5) is 59.8. The highest BCUT2D eigenvalue weighted by molar-refractivity contribution is 6.05. The van der Waals surface area contributed by atoms with Gasteiger partial charge in [0.2, 0.25) is 5.91 Å². The van der Waals surface area contributed by atoms with Gasteiger partial charge in [0, 0.05) is 81.7 Å². The monoisotopic (exact) mass is 704 g/mol. The first kappa shape index (κ1) is 38.1. The summed E-state index contributed by atoms with van der Waals surface area (Å²) in [6.07, 6.45) is 5.16. The summed E-state index contributed by atoms with van der Waals surface area (Å²) in [5.41, 5.74) is 6.45. The number of aryl methyl sites for hydroxylation is 1. The number of benzene rings is 3. The Morgan fingerprint density at radius 1 is 0.846 bits per heavy atom. The van der Waals surface area contributed by atoms with Crippen molar-refractivity contribution in [2.45, 2.75) is 65.7 Å². The number of aromatic nitrogens is 2. The third-order valence-corrected chi connectivity index (χ3v) is 9.77. The lowest BCUT2D eigenvalue weighted by molar-refractivity contribution is -0.118. The van der Waals surface area contributed by atoms with Crippen LogP contribution in [0.2, 0.25) is 0 Å². The zero-order valence-corrected chi connectivity index (χ0v) is 31.4. The fourth-order valence-electron chi connectivity index (χ4n) is 6.49. The summed E-state index contributed by atoms with van der Waals surface area (Å²) >= 11 is 0. The van der Waals surface area contributed by atoms with Crippen molar-refractivity contribution < 1.29 is 14.4 Å². The van der Waals surface area contributed by atoms with E-state index in [0.29, 0.717) is 47.7 Å². The quantitative estimate of drug-likeness (QED) is 0.176. The van der Waals surface area contributed by atoms with Crippen LogP contribution in [0.4, 0.5) is 5.69 Å². The molecule has 10 heteroatoms. The van der Waals surface area contributed by atoms with Gasteiger partial charge in [-0.2, -0.15) is 0 Å². The van der Waals surface area contributed by atoms with Crippen LogP contribution in [-0.4, -0.2) is 76.3 Å². The first-order valence-electron chi connectivity index (χ1n) is 18.2. The first-order valence-corrected chi connectivity index (χ1v) is 18.2. The van der Waals surface area contributed by atoms with Gasteiger partial charge in [-0.15, -0.1) is 0 Å². The van der Waals surface area contributed by atoms with Gasteiger partial charge < -0.3 is 20.1 Å². The minimum atomic E-state index is -0.193. The molecule has 274 valence electrons. The Labute approximate surface area is 307 Å². The van der Waals surface area contributed by atoms with Crippen molar-refractivity contribution in [2.75, 3.05) is 44.6 Å².